The summed E-state index contributed by atoms with van der Waals surface area (Å²) >= 11 is 0. The van der Waals surface area contributed by atoms with Gasteiger partial charge in [0.15, 0.2) is 6.10 Å². The lowest BCUT2D eigenvalue weighted by Gasteiger charge is -2.23. The highest BCUT2D eigenvalue weighted by atomic mass is 16.5. The molecule has 0 saturated carbocycles. The Bertz CT molecular complexity index is 915. The van der Waals surface area contributed by atoms with Crippen molar-refractivity contribution in [1.82, 2.24) is 5.32 Å². The Morgan fingerprint density at radius 1 is 0.929 bits per heavy atom. The van der Waals surface area contributed by atoms with Gasteiger partial charge in [-0.05, 0) is 42.0 Å². The minimum Gasteiger partial charge on any atom is -0.497 e. The molecule has 0 radical (unpaired) electrons. The lowest BCUT2D eigenvalue weighted by Crippen LogP contribution is -2.40. The van der Waals surface area contributed by atoms with E-state index in [1.54, 1.807) is 7.11 Å². The van der Waals surface area contributed by atoms with Gasteiger partial charge in [-0.25, -0.2) is 0 Å². The Morgan fingerprint density at radius 3 is 2.32 bits per heavy atom. The topological polar surface area (TPSA) is 47.6 Å². The minimum atomic E-state index is -0.543. The maximum Gasteiger partial charge on any atom is 0.261 e. The van der Waals surface area contributed by atoms with E-state index >= 15 is 0 Å². The van der Waals surface area contributed by atoms with Crippen LogP contribution in [0, 0.1) is 0 Å². The summed E-state index contributed by atoms with van der Waals surface area (Å²) in [4.78, 5) is 12.9. The van der Waals surface area contributed by atoms with E-state index in [-0.39, 0.29) is 11.9 Å². The first-order chi connectivity index (χ1) is 13.7. The van der Waals surface area contributed by atoms with Gasteiger partial charge >= 0.3 is 0 Å². The van der Waals surface area contributed by atoms with Crippen LogP contribution in [0.15, 0.2) is 66.7 Å². The fraction of sp³-hybridized carbons (Fsp3) is 0.292. The standard InChI is InChI=1S/C24H27NO3/c1-4-21(18-13-15-19(27-3)16-14-18)25-24(26)22(5-2)28-23-12-8-10-17-9-6-7-11-20(17)23/h6-16,21-22H,4-5H2,1-3H3,(H,25,26)/t21-,22+/m1/s1. The van der Waals surface area contributed by atoms with Gasteiger partial charge in [0.1, 0.15) is 11.5 Å². The van der Waals surface area contributed by atoms with Crippen molar-refractivity contribution in [3.05, 3.63) is 72.3 Å². The van der Waals surface area contributed by atoms with E-state index in [1.165, 1.54) is 0 Å². The second kappa shape index (κ2) is 9.27. The summed E-state index contributed by atoms with van der Waals surface area (Å²) in [6.07, 6.45) is 0.842. The van der Waals surface area contributed by atoms with Crippen molar-refractivity contribution >= 4 is 16.7 Å². The number of rotatable bonds is 8. The van der Waals surface area contributed by atoms with Gasteiger partial charge in [0.25, 0.3) is 5.91 Å². The van der Waals surface area contributed by atoms with Crippen LogP contribution in [0.5, 0.6) is 11.5 Å². The third-order valence-corrected chi connectivity index (χ3v) is 4.92. The molecular weight excluding hydrogens is 350 g/mol. The van der Waals surface area contributed by atoms with Gasteiger partial charge in [-0.1, -0.05) is 62.4 Å². The zero-order chi connectivity index (χ0) is 19.9. The molecule has 0 aliphatic carbocycles. The largest absolute Gasteiger partial charge is 0.497 e. The molecule has 28 heavy (non-hydrogen) atoms. The third kappa shape index (κ3) is 4.45. The molecule has 0 aliphatic heterocycles. The Balaban J connectivity index is 1.74. The zero-order valence-corrected chi connectivity index (χ0v) is 16.6. The number of methoxy groups -OCH3 is 1. The maximum absolute atomic E-state index is 12.9. The van der Waals surface area contributed by atoms with Crippen LogP contribution in [0.25, 0.3) is 10.8 Å². The number of amides is 1. The number of hydrogen-bond acceptors (Lipinski definition) is 3. The molecule has 3 rings (SSSR count). The van der Waals surface area contributed by atoms with Crippen LogP contribution in [0.2, 0.25) is 0 Å². The number of ether oxygens (including phenoxy) is 2. The summed E-state index contributed by atoms with van der Waals surface area (Å²) in [5.74, 6) is 1.44. The summed E-state index contributed by atoms with van der Waals surface area (Å²) in [7, 11) is 1.64. The van der Waals surface area contributed by atoms with E-state index < -0.39 is 6.10 Å². The molecule has 4 nitrogen and oxygen atoms in total. The molecule has 0 aliphatic rings. The van der Waals surface area contributed by atoms with Gasteiger partial charge in [-0.3, -0.25) is 4.79 Å². The van der Waals surface area contributed by atoms with E-state index in [9.17, 15) is 4.79 Å². The molecule has 0 aromatic heterocycles. The summed E-state index contributed by atoms with van der Waals surface area (Å²) in [5.41, 5.74) is 1.05. The van der Waals surface area contributed by atoms with Gasteiger partial charge in [0.05, 0.1) is 13.2 Å². The molecule has 0 spiro atoms. The molecule has 1 N–H and O–H groups in total. The van der Waals surface area contributed by atoms with Crippen LogP contribution < -0.4 is 14.8 Å². The van der Waals surface area contributed by atoms with Crippen molar-refractivity contribution in [2.45, 2.75) is 38.8 Å². The van der Waals surface area contributed by atoms with E-state index in [4.69, 9.17) is 9.47 Å². The SMILES string of the molecule is CC[C@H](Oc1cccc2ccccc12)C(=O)N[C@H](CC)c1ccc(OC)cc1. The lowest BCUT2D eigenvalue weighted by molar-refractivity contribution is -0.128. The van der Waals surface area contributed by atoms with Gasteiger partial charge in [-0.15, -0.1) is 0 Å². The Labute approximate surface area is 166 Å². The Kier molecular flexibility index (Phi) is 6.53. The molecule has 4 heteroatoms. The van der Waals surface area contributed by atoms with Crippen molar-refractivity contribution in [1.29, 1.82) is 0 Å². The molecule has 3 aromatic rings. The van der Waals surface area contributed by atoms with Crippen LogP contribution >= 0.6 is 0 Å². The van der Waals surface area contributed by atoms with E-state index in [0.29, 0.717) is 6.42 Å². The molecule has 0 unspecified atom stereocenters. The van der Waals surface area contributed by atoms with Crippen LogP contribution in [0.3, 0.4) is 0 Å². The molecule has 0 saturated heterocycles. The van der Waals surface area contributed by atoms with Crippen molar-refractivity contribution in [3.8, 4) is 11.5 Å². The predicted molar refractivity (Wildman–Crippen MR) is 113 cm³/mol. The maximum atomic E-state index is 12.9. The fourth-order valence-corrected chi connectivity index (χ4v) is 3.30. The summed E-state index contributed by atoms with van der Waals surface area (Å²) in [6.45, 7) is 4.02. The normalized spacial score (nSPS) is 13.0. The number of nitrogens with one attached hydrogen (secondary N) is 1. The number of fused-ring (bicyclic) bond motifs is 1. The number of benzene rings is 3. The van der Waals surface area contributed by atoms with Crippen molar-refractivity contribution in [2.75, 3.05) is 7.11 Å². The highest BCUT2D eigenvalue weighted by Gasteiger charge is 2.22. The minimum absolute atomic E-state index is 0.0661. The van der Waals surface area contributed by atoms with Gasteiger partial charge < -0.3 is 14.8 Å². The van der Waals surface area contributed by atoms with Crippen LogP contribution in [0.4, 0.5) is 0 Å². The molecule has 0 heterocycles. The number of hydrogen-bond donors (Lipinski definition) is 1. The monoisotopic (exact) mass is 377 g/mol. The first kappa shape index (κ1) is 19.7. The first-order valence-electron chi connectivity index (χ1n) is 9.75. The van der Waals surface area contributed by atoms with Crippen LogP contribution in [0.1, 0.15) is 38.3 Å². The average Bonchev–Trinajstić information content (AvgIpc) is 2.75. The van der Waals surface area contributed by atoms with Crippen molar-refractivity contribution in [3.63, 3.8) is 0 Å². The highest BCUT2D eigenvalue weighted by molar-refractivity contribution is 5.89. The van der Waals surface area contributed by atoms with E-state index in [2.05, 4.69) is 12.2 Å². The fourth-order valence-electron chi connectivity index (χ4n) is 3.30. The second-order valence-corrected chi connectivity index (χ2v) is 6.73. The van der Waals surface area contributed by atoms with Gasteiger partial charge in [0, 0.05) is 5.39 Å². The average molecular weight is 377 g/mol. The number of carbonyl (C=O) groups excluding carboxylic acids is 1. The highest BCUT2D eigenvalue weighted by Crippen LogP contribution is 2.27. The number of carbonyl (C=O) groups is 1. The molecule has 0 bridgehead atoms. The molecule has 2 atom stereocenters. The molecular formula is C24H27NO3. The quantitative estimate of drug-likeness (QED) is 0.581. The lowest BCUT2D eigenvalue weighted by atomic mass is 10.0. The molecule has 1 amide bonds. The first-order valence-corrected chi connectivity index (χ1v) is 9.75. The predicted octanol–water partition coefficient (Wildman–Crippen LogP) is 5.27. The summed E-state index contributed by atoms with van der Waals surface area (Å²) in [5, 5.41) is 5.24. The molecule has 3 aromatic carbocycles. The Morgan fingerprint density at radius 2 is 1.64 bits per heavy atom. The molecule has 0 fully saturated rings. The van der Waals surface area contributed by atoms with Gasteiger partial charge in [-0.2, -0.15) is 0 Å². The van der Waals surface area contributed by atoms with Gasteiger partial charge in [0.2, 0.25) is 0 Å². The summed E-state index contributed by atoms with van der Waals surface area (Å²) < 4.78 is 11.3. The third-order valence-electron chi connectivity index (χ3n) is 4.92. The van der Waals surface area contributed by atoms with Crippen molar-refractivity contribution < 1.29 is 14.3 Å². The molecule has 146 valence electrons. The Hall–Kier alpha value is -3.01. The van der Waals surface area contributed by atoms with Crippen molar-refractivity contribution in [2.24, 2.45) is 0 Å². The van der Waals surface area contributed by atoms with E-state index in [0.717, 1.165) is 34.3 Å². The summed E-state index contributed by atoms with van der Waals surface area (Å²) in [6, 6.07) is 21.7. The van der Waals surface area contributed by atoms with Crippen LogP contribution in [-0.2, 0) is 4.79 Å². The van der Waals surface area contributed by atoms with E-state index in [1.807, 2.05) is 73.7 Å². The van der Waals surface area contributed by atoms with Crippen LogP contribution in [-0.4, -0.2) is 19.1 Å². The second-order valence-electron chi connectivity index (χ2n) is 6.73. The zero-order valence-electron chi connectivity index (χ0n) is 16.6. The smallest absolute Gasteiger partial charge is 0.261 e.